The third-order valence-electron chi connectivity index (χ3n) is 7.32. The maximum absolute atomic E-state index is 13.9. The Morgan fingerprint density at radius 3 is 2.51 bits per heavy atom. The van der Waals surface area contributed by atoms with Crippen LogP contribution in [0.15, 0.2) is 60.7 Å². The summed E-state index contributed by atoms with van der Waals surface area (Å²) in [5.41, 5.74) is 5.12. The number of nitrogens with one attached hydrogen (secondary N) is 3. The molecule has 4 rings (SSSR count). The monoisotopic (exact) mass is 586 g/mol. The predicted octanol–water partition coefficient (Wildman–Crippen LogP) is 5.47. The van der Waals surface area contributed by atoms with Crippen LogP contribution in [0.25, 0.3) is 0 Å². The first-order valence-corrected chi connectivity index (χ1v) is 14.2. The van der Waals surface area contributed by atoms with E-state index in [0.29, 0.717) is 17.7 Å². The van der Waals surface area contributed by atoms with Crippen molar-refractivity contribution in [3.63, 3.8) is 0 Å². The number of hydrogen-bond donors (Lipinski definition) is 4. The molecule has 0 saturated heterocycles. The average molecular weight is 587 g/mol. The van der Waals surface area contributed by atoms with Gasteiger partial charge in [-0.25, -0.2) is 8.78 Å². The van der Waals surface area contributed by atoms with Gasteiger partial charge in [0.2, 0.25) is 0 Å². The zero-order valence-electron chi connectivity index (χ0n) is 23.8. The molecule has 3 aromatic carbocycles. The van der Waals surface area contributed by atoms with Gasteiger partial charge in [0.25, 0.3) is 5.91 Å². The van der Waals surface area contributed by atoms with Gasteiger partial charge >= 0.3 is 0 Å². The van der Waals surface area contributed by atoms with Crippen molar-refractivity contribution in [3.05, 3.63) is 94.6 Å². The van der Waals surface area contributed by atoms with Crippen LogP contribution >= 0.6 is 12.4 Å². The zero-order valence-corrected chi connectivity index (χ0v) is 24.6. The number of aryl methyl sites for hydroxylation is 1. The molecule has 0 aliphatic carbocycles. The average Bonchev–Trinajstić information content (AvgIpc) is 2.95. The summed E-state index contributed by atoms with van der Waals surface area (Å²) in [4.78, 5) is 15.7. The van der Waals surface area contributed by atoms with Gasteiger partial charge in [0.05, 0.1) is 23.5 Å². The minimum Gasteiger partial charge on any atom is -0.390 e. The SMILES string of the molecule is CCCCN1CCNc2ccc(C(=O)N[C@@H](Cc3cc(F)cc(F)c3)[C@@H](O)CNCc3cccc(CC)c3)cc21.Cl. The molecular formula is C32H41ClF2N4O2. The van der Waals surface area contributed by atoms with Gasteiger partial charge in [-0.1, -0.05) is 44.5 Å². The van der Waals surface area contributed by atoms with Crippen LogP contribution in [0, 0.1) is 11.6 Å². The molecular weight excluding hydrogens is 546 g/mol. The number of benzene rings is 3. The number of hydrogen-bond acceptors (Lipinski definition) is 5. The highest BCUT2D eigenvalue weighted by Gasteiger charge is 2.24. The molecule has 1 heterocycles. The summed E-state index contributed by atoms with van der Waals surface area (Å²) in [5, 5.41) is 20.7. The highest BCUT2D eigenvalue weighted by molar-refractivity contribution is 5.96. The van der Waals surface area contributed by atoms with E-state index in [0.717, 1.165) is 61.9 Å². The summed E-state index contributed by atoms with van der Waals surface area (Å²) in [6, 6.07) is 16.2. The van der Waals surface area contributed by atoms with Crippen LogP contribution in [0.2, 0.25) is 0 Å². The molecule has 222 valence electrons. The van der Waals surface area contributed by atoms with Crippen LogP contribution in [-0.2, 0) is 19.4 Å². The fourth-order valence-electron chi connectivity index (χ4n) is 5.10. The molecule has 0 aromatic heterocycles. The van der Waals surface area contributed by atoms with Crippen molar-refractivity contribution in [1.82, 2.24) is 10.6 Å². The van der Waals surface area contributed by atoms with E-state index in [2.05, 4.69) is 46.8 Å². The van der Waals surface area contributed by atoms with Gasteiger partial charge in [0, 0.05) is 44.4 Å². The van der Waals surface area contributed by atoms with Gasteiger partial charge in [-0.15, -0.1) is 12.4 Å². The largest absolute Gasteiger partial charge is 0.390 e. The summed E-state index contributed by atoms with van der Waals surface area (Å²) in [7, 11) is 0. The second-order valence-electron chi connectivity index (χ2n) is 10.4. The fraction of sp³-hybridized carbons (Fsp3) is 0.406. The summed E-state index contributed by atoms with van der Waals surface area (Å²) in [6.07, 6.45) is 2.15. The van der Waals surface area contributed by atoms with Crippen LogP contribution in [0.4, 0.5) is 20.2 Å². The van der Waals surface area contributed by atoms with Crippen molar-refractivity contribution in [2.45, 2.75) is 58.2 Å². The normalized spacial score (nSPS) is 13.9. The topological polar surface area (TPSA) is 76.6 Å². The Morgan fingerprint density at radius 2 is 1.78 bits per heavy atom. The standard InChI is InChI=1S/C32H40F2N4O2.ClH/c1-3-5-12-38-13-11-36-28-10-9-25(18-30(28)38)32(40)37-29(17-24-15-26(33)19-27(34)16-24)31(39)21-35-20-23-8-6-7-22(4-2)14-23;/h6-10,14-16,18-19,29,31,35-36,39H,3-5,11-13,17,20-21H2,1-2H3,(H,37,40);1H/t29-,31-;/m0./s1. The highest BCUT2D eigenvalue weighted by atomic mass is 35.5. The number of rotatable bonds is 13. The molecule has 0 spiro atoms. The molecule has 0 bridgehead atoms. The number of carbonyl (C=O) groups is 1. The highest BCUT2D eigenvalue weighted by Crippen LogP contribution is 2.30. The minimum absolute atomic E-state index is 0. The van der Waals surface area contributed by atoms with Gasteiger partial charge in [0.15, 0.2) is 0 Å². The Labute approximate surface area is 247 Å². The third-order valence-corrected chi connectivity index (χ3v) is 7.32. The number of halogens is 3. The molecule has 1 amide bonds. The maximum atomic E-state index is 13.9. The van der Waals surface area contributed by atoms with Crippen molar-refractivity contribution in [1.29, 1.82) is 0 Å². The fourth-order valence-corrected chi connectivity index (χ4v) is 5.10. The second-order valence-corrected chi connectivity index (χ2v) is 10.4. The predicted molar refractivity (Wildman–Crippen MR) is 164 cm³/mol. The smallest absolute Gasteiger partial charge is 0.251 e. The Balaban J connectivity index is 0.00000462. The molecule has 0 fully saturated rings. The van der Waals surface area contributed by atoms with Crippen molar-refractivity contribution >= 4 is 29.7 Å². The number of amides is 1. The van der Waals surface area contributed by atoms with Crippen LogP contribution in [0.5, 0.6) is 0 Å². The van der Waals surface area contributed by atoms with Gasteiger partial charge in [-0.05, 0) is 66.3 Å². The quantitative estimate of drug-likeness (QED) is 0.214. The molecule has 0 saturated carbocycles. The Kier molecular flexibility index (Phi) is 12.4. The Bertz CT molecular complexity index is 1270. The Morgan fingerprint density at radius 1 is 1.02 bits per heavy atom. The minimum atomic E-state index is -0.995. The third kappa shape index (κ3) is 9.15. The molecule has 1 aliphatic heterocycles. The van der Waals surface area contributed by atoms with Crippen molar-refractivity contribution in [2.24, 2.45) is 0 Å². The molecule has 4 N–H and O–H groups in total. The van der Waals surface area contributed by atoms with E-state index in [1.54, 1.807) is 6.07 Å². The van der Waals surface area contributed by atoms with E-state index in [9.17, 15) is 18.7 Å². The molecule has 9 heteroatoms. The molecule has 0 unspecified atom stereocenters. The second kappa shape index (κ2) is 15.7. The van der Waals surface area contributed by atoms with E-state index < -0.39 is 23.8 Å². The number of fused-ring (bicyclic) bond motifs is 1. The lowest BCUT2D eigenvalue weighted by atomic mass is 9.99. The summed E-state index contributed by atoms with van der Waals surface area (Å²) < 4.78 is 27.9. The van der Waals surface area contributed by atoms with Crippen LogP contribution in [-0.4, -0.2) is 49.3 Å². The maximum Gasteiger partial charge on any atom is 0.251 e. The van der Waals surface area contributed by atoms with E-state index in [1.807, 2.05) is 24.3 Å². The number of aliphatic hydroxyl groups excluding tert-OH is 1. The molecule has 0 radical (unpaired) electrons. The number of unbranched alkanes of at least 4 members (excludes halogenated alkanes) is 1. The van der Waals surface area contributed by atoms with E-state index in [4.69, 9.17) is 0 Å². The first-order valence-electron chi connectivity index (χ1n) is 14.2. The first kappa shape index (κ1) is 32.3. The van der Waals surface area contributed by atoms with E-state index in [1.165, 1.54) is 17.7 Å². The van der Waals surface area contributed by atoms with Crippen LogP contribution in [0.3, 0.4) is 0 Å². The van der Waals surface area contributed by atoms with E-state index >= 15 is 0 Å². The molecule has 2 atom stereocenters. The van der Waals surface area contributed by atoms with E-state index in [-0.39, 0.29) is 31.3 Å². The molecule has 3 aromatic rings. The molecule has 6 nitrogen and oxygen atoms in total. The lowest BCUT2D eigenvalue weighted by molar-refractivity contribution is 0.0830. The zero-order chi connectivity index (χ0) is 28.5. The number of aliphatic hydroxyl groups is 1. The first-order chi connectivity index (χ1) is 19.4. The van der Waals surface area contributed by atoms with Gasteiger partial charge in [0.1, 0.15) is 11.6 Å². The van der Waals surface area contributed by atoms with Crippen LogP contribution in [0.1, 0.15) is 53.7 Å². The van der Waals surface area contributed by atoms with Crippen molar-refractivity contribution in [3.8, 4) is 0 Å². The molecule has 1 aliphatic rings. The van der Waals surface area contributed by atoms with Crippen molar-refractivity contribution < 1.29 is 18.7 Å². The van der Waals surface area contributed by atoms with Crippen molar-refractivity contribution in [2.75, 3.05) is 36.4 Å². The number of anilines is 2. The number of carbonyl (C=O) groups excluding carboxylic acids is 1. The van der Waals surface area contributed by atoms with Gasteiger partial charge < -0.3 is 26.0 Å². The lowest BCUT2D eigenvalue weighted by Gasteiger charge is -2.32. The number of nitrogens with zero attached hydrogens (tertiary/aromatic N) is 1. The summed E-state index contributed by atoms with van der Waals surface area (Å²) in [5.74, 6) is -1.74. The summed E-state index contributed by atoms with van der Waals surface area (Å²) >= 11 is 0. The van der Waals surface area contributed by atoms with Crippen LogP contribution < -0.4 is 20.9 Å². The Hall–Kier alpha value is -3.20. The lowest BCUT2D eigenvalue weighted by Crippen LogP contribution is -2.48. The summed E-state index contributed by atoms with van der Waals surface area (Å²) in [6.45, 7) is 7.60. The van der Waals surface area contributed by atoms with Gasteiger partial charge in [-0.3, -0.25) is 4.79 Å². The van der Waals surface area contributed by atoms with Gasteiger partial charge in [-0.2, -0.15) is 0 Å². The molecule has 41 heavy (non-hydrogen) atoms.